The van der Waals surface area contributed by atoms with Gasteiger partial charge < -0.3 is 5.11 Å². The highest BCUT2D eigenvalue weighted by Crippen LogP contribution is 2.19. The Morgan fingerprint density at radius 3 is 2.53 bits per heavy atom. The van der Waals surface area contributed by atoms with E-state index in [4.69, 9.17) is 12.2 Å². The molecule has 15 heavy (non-hydrogen) atoms. The predicted molar refractivity (Wildman–Crippen MR) is 65.1 cm³/mol. The summed E-state index contributed by atoms with van der Waals surface area (Å²) in [5.41, 5.74) is 2.38. The van der Waals surface area contributed by atoms with Crippen LogP contribution in [0.25, 0.3) is 0 Å². The van der Waals surface area contributed by atoms with Crippen LogP contribution in [0.2, 0.25) is 0 Å². The normalized spacial score (nSPS) is 10.5. The molecule has 0 saturated carbocycles. The van der Waals surface area contributed by atoms with E-state index in [1.807, 2.05) is 12.1 Å². The van der Waals surface area contributed by atoms with Crippen LogP contribution in [0, 0.1) is 10.9 Å². The smallest absolute Gasteiger partial charge is 0.203 e. The van der Waals surface area contributed by atoms with Gasteiger partial charge in [0.1, 0.15) is 0 Å². The second kappa shape index (κ2) is 4.16. The minimum Gasteiger partial charge on any atom is -0.494 e. The van der Waals surface area contributed by atoms with Crippen molar-refractivity contribution >= 4 is 23.6 Å². The van der Waals surface area contributed by atoms with Crippen molar-refractivity contribution in [3.05, 3.63) is 44.7 Å². The van der Waals surface area contributed by atoms with Gasteiger partial charge in [0.2, 0.25) is 5.88 Å². The van der Waals surface area contributed by atoms with Crippen molar-refractivity contribution in [2.24, 2.45) is 0 Å². The Bertz CT molecular complexity index is 510. The molecular formula is C11H11NOS2. The SMILES string of the molecule is Cc1ccc(Cn2c(O)csc2=S)cc1. The molecule has 78 valence electrons. The van der Waals surface area contributed by atoms with Gasteiger partial charge in [0.15, 0.2) is 3.95 Å². The van der Waals surface area contributed by atoms with Gasteiger partial charge in [-0.3, -0.25) is 4.57 Å². The first-order chi connectivity index (χ1) is 7.16. The molecule has 2 nitrogen and oxygen atoms in total. The molecule has 4 heteroatoms. The molecule has 1 heterocycles. The first-order valence-corrected chi connectivity index (χ1v) is 5.88. The van der Waals surface area contributed by atoms with Crippen molar-refractivity contribution in [3.8, 4) is 5.88 Å². The van der Waals surface area contributed by atoms with E-state index in [1.165, 1.54) is 16.9 Å². The number of aromatic hydroxyl groups is 1. The van der Waals surface area contributed by atoms with Gasteiger partial charge in [0.05, 0.1) is 11.9 Å². The molecule has 0 aliphatic heterocycles. The summed E-state index contributed by atoms with van der Waals surface area (Å²) in [5, 5.41) is 11.2. The molecule has 0 fully saturated rings. The van der Waals surface area contributed by atoms with Crippen LogP contribution in [-0.4, -0.2) is 9.67 Å². The van der Waals surface area contributed by atoms with Gasteiger partial charge in [0.25, 0.3) is 0 Å². The zero-order valence-corrected chi connectivity index (χ0v) is 9.94. The van der Waals surface area contributed by atoms with Crippen molar-refractivity contribution in [2.45, 2.75) is 13.5 Å². The molecule has 0 bridgehead atoms. The van der Waals surface area contributed by atoms with Gasteiger partial charge in [0, 0.05) is 0 Å². The van der Waals surface area contributed by atoms with Gasteiger partial charge >= 0.3 is 0 Å². The van der Waals surface area contributed by atoms with Crippen molar-refractivity contribution in [2.75, 3.05) is 0 Å². The summed E-state index contributed by atoms with van der Waals surface area (Å²) in [6.07, 6.45) is 0. The Hall–Kier alpha value is -1.13. The minimum atomic E-state index is 0.241. The molecule has 1 N–H and O–H groups in total. The topological polar surface area (TPSA) is 25.2 Å². The number of nitrogens with zero attached hydrogens (tertiary/aromatic N) is 1. The molecule has 0 aliphatic carbocycles. The van der Waals surface area contributed by atoms with Gasteiger partial charge in [-0.15, -0.1) is 11.3 Å². The Morgan fingerprint density at radius 1 is 1.33 bits per heavy atom. The third-order valence-corrected chi connectivity index (χ3v) is 3.48. The fourth-order valence-corrected chi connectivity index (χ4v) is 2.27. The van der Waals surface area contributed by atoms with Crippen LogP contribution >= 0.6 is 23.6 Å². The molecule has 0 amide bonds. The third-order valence-electron chi connectivity index (χ3n) is 2.22. The monoisotopic (exact) mass is 237 g/mol. The number of hydrogen-bond acceptors (Lipinski definition) is 3. The average Bonchev–Trinajstić information content (AvgIpc) is 2.53. The van der Waals surface area contributed by atoms with E-state index in [0.29, 0.717) is 10.5 Å². The number of thiazole rings is 1. The molecular weight excluding hydrogens is 226 g/mol. The second-order valence-electron chi connectivity index (χ2n) is 3.43. The molecule has 1 aromatic carbocycles. The molecule has 2 rings (SSSR count). The summed E-state index contributed by atoms with van der Waals surface area (Å²) in [7, 11) is 0. The van der Waals surface area contributed by atoms with Crippen LogP contribution in [0.3, 0.4) is 0 Å². The van der Waals surface area contributed by atoms with Gasteiger partial charge in [-0.25, -0.2) is 0 Å². The number of aryl methyl sites for hydroxylation is 1. The van der Waals surface area contributed by atoms with Crippen LogP contribution in [0.1, 0.15) is 11.1 Å². The second-order valence-corrected chi connectivity index (χ2v) is 4.93. The van der Waals surface area contributed by atoms with E-state index in [-0.39, 0.29) is 5.88 Å². The molecule has 0 saturated heterocycles. The Kier molecular flexibility index (Phi) is 2.88. The van der Waals surface area contributed by atoms with E-state index in [1.54, 1.807) is 9.95 Å². The summed E-state index contributed by atoms with van der Waals surface area (Å²) in [5.74, 6) is 0.241. The number of benzene rings is 1. The quantitative estimate of drug-likeness (QED) is 0.810. The largest absolute Gasteiger partial charge is 0.494 e. The van der Waals surface area contributed by atoms with E-state index >= 15 is 0 Å². The van der Waals surface area contributed by atoms with Crippen LogP contribution in [0.15, 0.2) is 29.6 Å². The average molecular weight is 237 g/mol. The number of aromatic nitrogens is 1. The highest BCUT2D eigenvalue weighted by Gasteiger charge is 2.02. The first kappa shape index (κ1) is 10.4. The van der Waals surface area contributed by atoms with Gasteiger partial charge in [-0.1, -0.05) is 29.8 Å². The van der Waals surface area contributed by atoms with Crippen molar-refractivity contribution < 1.29 is 5.11 Å². The van der Waals surface area contributed by atoms with Crippen LogP contribution in [-0.2, 0) is 6.54 Å². The summed E-state index contributed by atoms with van der Waals surface area (Å²) in [6, 6.07) is 8.22. The van der Waals surface area contributed by atoms with Crippen molar-refractivity contribution in [1.82, 2.24) is 4.57 Å². The maximum atomic E-state index is 9.55. The van der Waals surface area contributed by atoms with Crippen LogP contribution < -0.4 is 0 Å². The molecule has 0 radical (unpaired) electrons. The Labute approximate surface area is 97.4 Å². The Balaban J connectivity index is 2.29. The molecule has 0 atom stereocenters. The fraction of sp³-hybridized carbons (Fsp3) is 0.182. The summed E-state index contributed by atoms with van der Waals surface area (Å²) >= 11 is 6.50. The van der Waals surface area contributed by atoms with E-state index in [9.17, 15) is 5.11 Å². The first-order valence-electron chi connectivity index (χ1n) is 4.59. The standard InChI is InChI=1S/C11H11NOS2/c1-8-2-4-9(5-3-8)6-12-10(13)7-15-11(12)14/h2-5,7,13H,6H2,1H3. The maximum absolute atomic E-state index is 9.55. The van der Waals surface area contributed by atoms with E-state index in [2.05, 4.69) is 19.1 Å². The van der Waals surface area contributed by atoms with E-state index < -0.39 is 0 Å². The van der Waals surface area contributed by atoms with Crippen LogP contribution in [0.4, 0.5) is 0 Å². The maximum Gasteiger partial charge on any atom is 0.203 e. The fourth-order valence-electron chi connectivity index (χ4n) is 1.35. The van der Waals surface area contributed by atoms with E-state index in [0.717, 1.165) is 5.56 Å². The lowest BCUT2D eigenvalue weighted by molar-refractivity contribution is 0.423. The van der Waals surface area contributed by atoms with Crippen molar-refractivity contribution in [1.29, 1.82) is 0 Å². The molecule has 2 aromatic rings. The lowest BCUT2D eigenvalue weighted by Gasteiger charge is -2.04. The van der Waals surface area contributed by atoms with Gasteiger partial charge in [-0.05, 0) is 24.7 Å². The van der Waals surface area contributed by atoms with Gasteiger partial charge in [-0.2, -0.15) is 0 Å². The number of rotatable bonds is 2. The lowest BCUT2D eigenvalue weighted by atomic mass is 10.1. The third kappa shape index (κ3) is 2.27. The summed E-state index contributed by atoms with van der Waals surface area (Å²) in [4.78, 5) is 0. The zero-order chi connectivity index (χ0) is 10.8. The highest BCUT2D eigenvalue weighted by atomic mass is 32.1. The molecule has 0 unspecified atom stereocenters. The van der Waals surface area contributed by atoms with Crippen LogP contribution in [0.5, 0.6) is 5.88 Å². The summed E-state index contributed by atoms with van der Waals surface area (Å²) < 4.78 is 2.43. The zero-order valence-electron chi connectivity index (χ0n) is 8.30. The Morgan fingerprint density at radius 2 is 2.00 bits per heavy atom. The summed E-state index contributed by atoms with van der Waals surface area (Å²) in [6.45, 7) is 2.69. The minimum absolute atomic E-state index is 0.241. The number of hydrogen-bond donors (Lipinski definition) is 1. The lowest BCUT2D eigenvalue weighted by Crippen LogP contribution is -1.98. The molecule has 1 aromatic heterocycles. The van der Waals surface area contributed by atoms with Crippen molar-refractivity contribution in [3.63, 3.8) is 0 Å². The molecule has 0 aliphatic rings. The highest BCUT2D eigenvalue weighted by molar-refractivity contribution is 7.73. The molecule has 0 spiro atoms. The predicted octanol–water partition coefficient (Wildman–Crippen LogP) is 3.34.